The summed E-state index contributed by atoms with van der Waals surface area (Å²) in [5.41, 5.74) is 3.40. The Morgan fingerprint density at radius 3 is 2.68 bits per heavy atom. The van der Waals surface area contributed by atoms with E-state index in [0.29, 0.717) is 6.54 Å². The second-order valence-electron chi connectivity index (χ2n) is 6.32. The van der Waals surface area contributed by atoms with Crippen molar-refractivity contribution in [2.45, 2.75) is 26.3 Å². The Balaban J connectivity index is 1.44. The van der Waals surface area contributed by atoms with E-state index in [1.165, 1.54) is 11.1 Å². The molecule has 0 fully saturated rings. The van der Waals surface area contributed by atoms with Crippen LogP contribution in [-0.2, 0) is 11.2 Å². The van der Waals surface area contributed by atoms with Gasteiger partial charge in [-0.15, -0.1) is 0 Å². The number of benzene rings is 2. The molecule has 3 aromatic rings. The number of fused-ring (bicyclic) bond motifs is 1. The van der Waals surface area contributed by atoms with Crippen molar-refractivity contribution >= 4 is 16.9 Å². The number of amides is 1. The molecule has 3 rings (SSSR count). The van der Waals surface area contributed by atoms with Gasteiger partial charge in [-0.25, -0.2) is 0 Å². The molecule has 0 saturated heterocycles. The van der Waals surface area contributed by atoms with Gasteiger partial charge >= 0.3 is 0 Å². The molecule has 0 radical (unpaired) electrons. The summed E-state index contributed by atoms with van der Waals surface area (Å²) in [4.78, 5) is 12.0. The van der Waals surface area contributed by atoms with E-state index in [1.807, 2.05) is 49.4 Å². The van der Waals surface area contributed by atoms with Crippen molar-refractivity contribution < 1.29 is 9.21 Å². The molecular formula is C21H24N2O2. The van der Waals surface area contributed by atoms with E-state index < -0.39 is 0 Å². The highest BCUT2D eigenvalue weighted by Crippen LogP contribution is 2.23. The minimum Gasteiger partial charge on any atom is -0.459 e. The maximum atomic E-state index is 12.0. The Bertz CT molecular complexity index is 821. The van der Waals surface area contributed by atoms with Crippen LogP contribution < -0.4 is 10.6 Å². The Hall–Kier alpha value is -2.59. The maximum Gasteiger partial charge on any atom is 0.233 e. The zero-order chi connectivity index (χ0) is 17.6. The molecule has 1 amide bonds. The van der Waals surface area contributed by atoms with Crippen molar-refractivity contribution in [2.24, 2.45) is 0 Å². The molecule has 0 bridgehead atoms. The molecule has 0 saturated carbocycles. The predicted molar refractivity (Wildman–Crippen MR) is 101 cm³/mol. The summed E-state index contributed by atoms with van der Waals surface area (Å²) in [6.07, 6.45) is 0.845. The Kier molecular flexibility index (Phi) is 5.51. The third-order valence-corrected chi connectivity index (χ3v) is 4.42. The van der Waals surface area contributed by atoms with Crippen molar-refractivity contribution in [3.05, 3.63) is 71.5 Å². The monoisotopic (exact) mass is 336 g/mol. The molecule has 4 nitrogen and oxygen atoms in total. The number of furan rings is 1. The van der Waals surface area contributed by atoms with E-state index in [4.69, 9.17) is 4.42 Å². The lowest BCUT2D eigenvalue weighted by Gasteiger charge is -2.12. The summed E-state index contributed by atoms with van der Waals surface area (Å²) in [6, 6.07) is 18.2. The topological polar surface area (TPSA) is 54.3 Å². The van der Waals surface area contributed by atoms with Crippen LogP contribution in [0.3, 0.4) is 0 Å². The standard InChI is InChI=1S/C21H24N2O2/c1-15-7-3-4-8-17(15)11-12-22-21(24)14-23-16(2)20-13-18-9-5-6-10-19(18)25-20/h3-10,13,16,23H,11-12,14H2,1-2H3,(H,22,24). The van der Waals surface area contributed by atoms with Gasteiger partial charge in [-0.05, 0) is 43.5 Å². The molecule has 0 aliphatic rings. The molecule has 0 spiro atoms. The Morgan fingerprint density at radius 1 is 1.12 bits per heavy atom. The van der Waals surface area contributed by atoms with Crippen LogP contribution in [0.4, 0.5) is 0 Å². The second kappa shape index (κ2) is 7.99. The van der Waals surface area contributed by atoms with E-state index in [2.05, 4.69) is 29.7 Å². The predicted octanol–water partition coefficient (Wildman–Crippen LogP) is 3.75. The lowest BCUT2D eigenvalue weighted by Crippen LogP contribution is -2.36. The first-order valence-corrected chi connectivity index (χ1v) is 8.66. The average Bonchev–Trinajstić information content (AvgIpc) is 3.05. The quantitative estimate of drug-likeness (QED) is 0.691. The van der Waals surface area contributed by atoms with E-state index in [1.54, 1.807) is 0 Å². The minimum atomic E-state index is -0.0190. The van der Waals surface area contributed by atoms with Crippen LogP contribution in [-0.4, -0.2) is 19.0 Å². The highest BCUT2D eigenvalue weighted by Gasteiger charge is 2.12. The Morgan fingerprint density at radius 2 is 1.88 bits per heavy atom. The lowest BCUT2D eigenvalue weighted by molar-refractivity contribution is -0.120. The number of carbonyl (C=O) groups is 1. The molecule has 1 aromatic heterocycles. The van der Waals surface area contributed by atoms with Gasteiger partial charge in [-0.1, -0.05) is 42.5 Å². The summed E-state index contributed by atoms with van der Waals surface area (Å²) in [5, 5.41) is 7.25. The fraction of sp³-hybridized carbons (Fsp3) is 0.286. The molecule has 25 heavy (non-hydrogen) atoms. The average molecular weight is 336 g/mol. The SMILES string of the molecule is Cc1ccccc1CCNC(=O)CNC(C)c1cc2ccccc2o1. The fourth-order valence-corrected chi connectivity index (χ4v) is 2.85. The van der Waals surface area contributed by atoms with Crippen molar-refractivity contribution in [3.8, 4) is 0 Å². The van der Waals surface area contributed by atoms with E-state index in [-0.39, 0.29) is 18.5 Å². The van der Waals surface area contributed by atoms with E-state index in [9.17, 15) is 4.79 Å². The highest BCUT2D eigenvalue weighted by molar-refractivity contribution is 5.79. The number of hydrogen-bond donors (Lipinski definition) is 2. The summed E-state index contributed by atoms with van der Waals surface area (Å²) in [7, 11) is 0. The first-order chi connectivity index (χ1) is 12.1. The lowest BCUT2D eigenvalue weighted by atomic mass is 10.1. The molecule has 2 N–H and O–H groups in total. The Labute approximate surface area is 148 Å². The molecule has 0 aliphatic heterocycles. The molecule has 130 valence electrons. The molecule has 1 atom stereocenters. The molecule has 1 heterocycles. The molecular weight excluding hydrogens is 312 g/mol. The van der Waals surface area contributed by atoms with Crippen LogP contribution in [0.2, 0.25) is 0 Å². The fourth-order valence-electron chi connectivity index (χ4n) is 2.85. The number of carbonyl (C=O) groups excluding carboxylic acids is 1. The van der Waals surface area contributed by atoms with Gasteiger partial charge in [0, 0.05) is 11.9 Å². The molecule has 4 heteroatoms. The number of para-hydroxylation sites is 1. The minimum absolute atomic E-state index is 0.00320. The summed E-state index contributed by atoms with van der Waals surface area (Å²) in [5.74, 6) is 0.838. The van der Waals surface area contributed by atoms with Crippen molar-refractivity contribution in [1.29, 1.82) is 0 Å². The zero-order valence-electron chi connectivity index (χ0n) is 14.7. The highest BCUT2D eigenvalue weighted by atomic mass is 16.3. The van der Waals surface area contributed by atoms with Crippen molar-refractivity contribution in [3.63, 3.8) is 0 Å². The van der Waals surface area contributed by atoms with Gasteiger partial charge in [0.2, 0.25) is 5.91 Å². The number of rotatable bonds is 7. The summed E-state index contributed by atoms with van der Waals surface area (Å²) < 4.78 is 5.82. The van der Waals surface area contributed by atoms with Crippen LogP contribution in [0.25, 0.3) is 11.0 Å². The van der Waals surface area contributed by atoms with Gasteiger partial charge < -0.3 is 9.73 Å². The van der Waals surface area contributed by atoms with Gasteiger partial charge in [0.1, 0.15) is 11.3 Å². The first kappa shape index (κ1) is 17.2. The van der Waals surface area contributed by atoms with Crippen LogP contribution >= 0.6 is 0 Å². The summed E-state index contributed by atoms with van der Waals surface area (Å²) >= 11 is 0. The molecule has 1 unspecified atom stereocenters. The third-order valence-electron chi connectivity index (χ3n) is 4.42. The second-order valence-corrected chi connectivity index (χ2v) is 6.32. The van der Waals surface area contributed by atoms with E-state index >= 15 is 0 Å². The maximum absolute atomic E-state index is 12.0. The first-order valence-electron chi connectivity index (χ1n) is 8.66. The van der Waals surface area contributed by atoms with Gasteiger partial charge in [0.25, 0.3) is 0 Å². The molecule has 0 aliphatic carbocycles. The number of aryl methyl sites for hydroxylation is 1. The largest absolute Gasteiger partial charge is 0.459 e. The van der Waals surface area contributed by atoms with Gasteiger partial charge in [0.15, 0.2) is 0 Å². The van der Waals surface area contributed by atoms with E-state index in [0.717, 1.165) is 23.2 Å². The van der Waals surface area contributed by atoms with Crippen molar-refractivity contribution in [1.82, 2.24) is 10.6 Å². The smallest absolute Gasteiger partial charge is 0.233 e. The number of hydrogen-bond acceptors (Lipinski definition) is 3. The zero-order valence-corrected chi connectivity index (χ0v) is 14.7. The summed E-state index contributed by atoms with van der Waals surface area (Å²) in [6.45, 7) is 5.00. The van der Waals surface area contributed by atoms with Crippen LogP contribution in [0, 0.1) is 6.92 Å². The molecule has 2 aromatic carbocycles. The van der Waals surface area contributed by atoms with Gasteiger partial charge in [-0.3, -0.25) is 10.1 Å². The van der Waals surface area contributed by atoms with Crippen LogP contribution in [0.5, 0.6) is 0 Å². The third kappa shape index (κ3) is 4.48. The van der Waals surface area contributed by atoms with Gasteiger partial charge in [-0.2, -0.15) is 0 Å². The number of nitrogens with one attached hydrogen (secondary N) is 2. The van der Waals surface area contributed by atoms with Crippen LogP contribution in [0.15, 0.2) is 59.0 Å². The normalized spacial score (nSPS) is 12.2. The van der Waals surface area contributed by atoms with Crippen molar-refractivity contribution in [2.75, 3.05) is 13.1 Å². The van der Waals surface area contributed by atoms with Gasteiger partial charge in [0.05, 0.1) is 12.6 Å². The van der Waals surface area contributed by atoms with Crippen LogP contribution in [0.1, 0.15) is 29.9 Å².